The molecular weight excluding hydrogens is 293 g/mol. The van der Waals surface area contributed by atoms with Gasteiger partial charge in [-0.2, -0.15) is 0 Å². The van der Waals surface area contributed by atoms with Crippen molar-refractivity contribution in [3.05, 3.63) is 70.9 Å². The van der Waals surface area contributed by atoms with Crippen molar-refractivity contribution < 1.29 is 4.39 Å². The van der Waals surface area contributed by atoms with Crippen LogP contribution in [-0.4, -0.2) is 11.6 Å². The number of hydrogen-bond acceptors (Lipinski definition) is 3. The number of pyridine rings is 1. The highest BCUT2D eigenvalue weighted by Gasteiger charge is 2.11. The fraction of sp³-hybridized carbons (Fsp3) is 0.0556. The third-order valence-corrected chi connectivity index (χ3v) is 3.79. The van der Waals surface area contributed by atoms with E-state index in [2.05, 4.69) is 11.9 Å². The highest BCUT2D eigenvalue weighted by molar-refractivity contribution is 5.85. The maximum Gasteiger partial charge on any atom is 0.263 e. The van der Waals surface area contributed by atoms with E-state index in [1.165, 1.54) is 10.6 Å². The lowest BCUT2D eigenvalue weighted by molar-refractivity contribution is 0.633. The van der Waals surface area contributed by atoms with Crippen LogP contribution in [0.2, 0.25) is 0 Å². The average molecular weight is 309 g/mol. The highest BCUT2D eigenvalue weighted by Crippen LogP contribution is 2.23. The molecule has 0 fully saturated rings. The van der Waals surface area contributed by atoms with Crippen LogP contribution in [0.5, 0.6) is 0 Å². The summed E-state index contributed by atoms with van der Waals surface area (Å²) < 4.78 is 15.5. The molecule has 0 unspecified atom stereocenters. The summed E-state index contributed by atoms with van der Waals surface area (Å²) in [5, 5.41) is 3.76. The monoisotopic (exact) mass is 309 g/mol. The van der Waals surface area contributed by atoms with Crippen molar-refractivity contribution in [2.24, 2.45) is 0 Å². The lowest BCUT2D eigenvalue weighted by atomic mass is 10.1. The van der Waals surface area contributed by atoms with Crippen LogP contribution >= 0.6 is 0 Å². The summed E-state index contributed by atoms with van der Waals surface area (Å²) in [6, 6.07) is 9.85. The van der Waals surface area contributed by atoms with Crippen LogP contribution in [0, 0.1) is 5.82 Å². The number of nitrogens with one attached hydrogen (secondary N) is 1. The van der Waals surface area contributed by atoms with Gasteiger partial charge in [0.25, 0.3) is 5.56 Å². The Morgan fingerprint density at radius 2 is 2.04 bits per heavy atom. The number of halogens is 1. The van der Waals surface area contributed by atoms with Gasteiger partial charge in [0.2, 0.25) is 0 Å². The number of hydrogen-bond donors (Lipinski definition) is 2. The molecule has 5 heteroatoms. The van der Waals surface area contributed by atoms with Gasteiger partial charge in [-0.05, 0) is 41.8 Å². The number of anilines is 2. The lowest BCUT2D eigenvalue weighted by Crippen LogP contribution is -2.18. The Morgan fingerprint density at radius 3 is 2.74 bits per heavy atom. The van der Waals surface area contributed by atoms with Crippen molar-refractivity contribution >= 4 is 28.2 Å². The van der Waals surface area contributed by atoms with Gasteiger partial charge in [-0.15, -0.1) is 0 Å². The number of aromatic nitrogens is 1. The Labute approximate surface area is 132 Å². The molecule has 116 valence electrons. The predicted octanol–water partition coefficient (Wildman–Crippen LogP) is 3.40. The Morgan fingerprint density at radius 1 is 1.26 bits per heavy atom. The Balaban J connectivity index is 2.30. The van der Waals surface area contributed by atoms with Crippen molar-refractivity contribution in [2.45, 2.75) is 0 Å². The Kier molecular flexibility index (Phi) is 3.62. The summed E-state index contributed by atoms with van der Waals surface area (Å²) in [6.07, 6.45) is 3.30. The van der Waals surface area contributed by atoms with E-state index in [1.54, 1.807) is 49.7 Å². The van der Waals surface area contributed by atoms with Gasteiger partial charge >= 0.3 is 0 Å². The summed E-state index contributed by atoms with van der Waals surface area (Å²) in [4.78, 5) is 12.7. The smallest absolute Gasteiger partial charge is 0.263 e. The van der Waals surface area contributed by atoms with Crippen LogP contribution in [-0.2, 0) is 0 Å². The molecule has 3 rings (SSSR count). The fourth-order valence-electron chi connectivity index (χ4n) is 2.60. The zero-order chi connectivity index (χ0) is 16.6. The number of nitrogen functional groups attached to an aromatic ring is 1. The molecule has 0 aliphatic rings. The van der Waals surface area contributed by atoms with Crippen LogP contribution in [0.25, 0.3) is 22.5 Å². The summed E-state index contributed by atoms with van der Waals surface area (Å²) >= 11 is 0. The van der Waals surface area contributed by atoms with Gasteiger partial charge in [0.1, 0.15) is 5.82 Å². The number of nitrogens with zero attached hydrogens (tertiary/aromatic N) is 1. The Bertz CT molecular complexity index is 976. The number of fused-ring (bicyclic) bond motifs is 1. The normalized spacial score (nSPS) is 10.7. The molecule has 0 saturated heterocycles. The standard InChI is InChI=1S/C18H16FN3O/c1-3-11-8-13(20)4-5-17(11)22-7-6-12-9-16(21-2)15(19)10-14(12)18(22)23/h3-10,21H,1,20H2,2H3. The molecule has 0 aliphatic carbocycles. The first-order chi connectivity index (χ1) is 11.0. The van der Waals surface area contributed by atoms with E-state index in [0.29, 0.717) is 27.8 Å². The zero-order valence-corrected chi connectivity index (χ0v) is 12.6. The van der Waals surface area contributed by atoms with Gasteiger partial charge in [-0.3, -0.25) is 9.36 Å². The van der Waals surface area contributed by atoms with Gasteiger partial charge in [-0.1, -0.05) is 12.7 Å². The SMILES string of the molecule is C=Cc1cc(N)ccc1-n1ccc2cc(NC)c(F)cc2c1=O. The molecule has 1 heterocycles. The molecular formula is C18H16FN3O. The van der Waals surface area contributed by atoms with Gasteiger partial charge in [0, 0.05) is 24.5 Å². The van der Waals surface area contributed by atoms with Gasteiger partial charge in [0.05, 0.1) is 16.8 Å². The Hall–Kier alpha value is -3.08. The van der Waals surface area contributed by atoms with Gasteiger partial charge in [-0.25, -0.2) is 4.39 Å². The molecule has 3 N–H and O–H groups in total. The molecule has 0 atom stereocenters. The second-order valence-corrected chi connectivity index (χ2v) is 5.18. The average Bonchev–Trinajstić information content (AvgIpc) is 2.55. The van der Waals surface area contributed by atoms with Crippen LogP contribution < -0.4 is 16.6 Å². The van der Waals surface area contributed by atoms with Gasteiger partial charge < -0.3 is 11.1 Å². The fourth-order valence-corrected chi connectivity index (χ4v) is 2.60. The van der Waals surface area contributed by atoms with Crippen LogP contribution in [0.1, 0.15) is 5.56 Å². The van der Waals surface area contributed by atoms with Gasteiger partial charge in [0.15, 0.2) is 0 Å². The molecule has 4 nitrogen and oxygen atoms in total. The third-order valence-electron chi connectivity index (χ3n) is 3.79. The predicted molar refractivity (Wildman–Crippen MR) is 93.6 cm³/mol. The number of benzene rings is 2. The molecule has 23 heavy (non-hydrogen) atoms. The van der Waals surface area contributed by atoms with Crippen molar-refractivity contribution in [1.29, 1.82) is 0 Å². The molecule has 0 saturated carbocycles. The van der Waals surface area contributed by atoms with Crippen LogP contribution in [0.4, 0.5) is 15.8 Å². The topological polar surface area (TPSA) is 60.0 Å². The van der Waals surface area contributed by atoms with E-state index < -0.39 is 5.82 Å². The zero-order valence-electron chi connectivity index (χ0n) is 12.6. The first kappa shape index (κ1) is 14.8. The molecule has 2 aromatic carbocycles. The largest absolute Gasteiger partial charge is 0.399 e. The molecule has 0 bridgehead atoms. The van der Waals surface area contributed by atoms with E-state index >= 15 is 0 Å². The van der Waals surface area contributed by atoms with E-state index in [-0.39, 0.29) is 5.56 Å². The van der Waals surface area contributed by atoms with E-state index in [4.69, 9.17) is 5.73 Å². The minimum absolute atomic E-state index is 0.295. The summed E-state index contributed by atoms with van der Waals surface area (Å²) in [7, 11) is 1.64. The summed E-state index contributed by atoms with van der Waals surface area (Å²) in [5.74, 6) is -0.462. The first-order valence-electron chi connectivity index (χ1n) is 7.10. The minimum atomic E-state index is -0.462. The van der Waals surface area contributed by atoms with Crippen molar-refractivity contribution in [2.75, 3.05) is 18.1 Å². The highest BCUT2D eigenvalue weighted by atomic mass is 19.1. The summed E-state index contributed by atoms with van der Waals surface area (Å²) in [5.41, 5.74) is 7.80. The molecule has 0 aliphatic heterocycles. The van der Waals surface area contributed by atoms with Crippen molar-refractivity contribution in [3.8, 4) is 5.69 Å². The second-order valence-electron chi connectivity index (χ2n) is 5.18. The molecule has 0 amide bonds. The number of nitrogens with two attached hydrogens (primary N) is 1. The van der Waals surface area contributed by atoms with E-state index in [9.17, 15) is 9.18 Å². The quantitative estimate of drug-likeness (QED) is 0.729. The van der Waals surface area contributed by atoms with E-state index in [0.717, 1.165) is 5.56 Å². The third kappa shape index (κ3) is 2.46. The maximum atomic E-state index is 14.0. The maximum absolute atomic E-state index is 14.0. The molecule has 0 spiro atoms. The summed E-state index contributed by atoms with van der Waals surface area (Å²) in [6.45, 7) is 3.75. The number of rotatable bonds is 3. The molecule has 1 aromatic heterocycles. The van der Waals surface area contributed by atoms with Crippen molar-refractivity contribution in [1.82, 2.24) is 4.57 Å². The van der Waals surface area contributed by atoms with Crippen molar-refractivity contribution in [3.63, 3.8) is 0 Å². The minimum Gasteiger partial charge on any atom is -0.399 e. The first-order valence-corrected chi connectivity index (χ1v) is 7.10. The molecule has 3 aromatic rings. The van der Waals surface area contributed by atoms with E-state index in [1.807, 2.05) is 0 Å². The lowest BCUT2D eigenvalue weighted by Gasteiger charge is -2.12. The molecule has 0 radical (unpaired) electrons. The van der Waals surface area contributed by atoms with Crippen LogP contribution in [0.15, 0.2) is 54.0 Å². The second kappa shape index (κ2) is 5.61. The van der Waals surface area contributed by atoms with Crippen LogP contribution in [0.3, 0.4) is 0 Å².